The van der Waals surface area contributed by atoms with Gasteiger partial charge in [0.25, 0.3) is 6.43 Å². The van der Waals surface area contributed by atoms with Crippen LogP contribution in [0.15, 0.2) is 6.20 Å². The molecular weight excluding hydrogens is 208 g/mol. The summed E-state index contributed by atoms with van der Waals surface area (Å²) in [5.41, 5.74) is -0.590. The van der Waals surface area contributed by atoms with Crippen molar-refractivity contribution in [2.45, 2.75) is 19.8 Å². The minimum Gasteiger partial charge on any atom is -0.506 e. The zero-order chi connectivity index (χ0) is 11.6. The van der Waals surface area contributed by atoms with Crippen LogP contribution in [-0.2, 0) is 11.2 Å². The molecule has 82 valence electrons. The summed E-state index contributed by atoms with van der Waals surface area (Å²) >= 11 is 0. The third-order valence-electron chi connectivity index (χ3n) is 2.01. The standard InChI is InChI=1S/C9H9F2NO3/c1-4-5(2-7(14)15)8(9(10)11)12-3-6(4)13/h3,9,13H,2H2,1H3,(H,14,15). The van der Waals surface area contributed by atoms with Crippen molar-refractivity contribution in [3.63, 3.8) is 0 Å². The van der Waals surface area contributed by atoms with Gasteiger partial charge in [0.1, 0.15) is 11.4 Å². The predicted molar refractivity (Wildman–Crippen MR) is 46.9 cm³/mol. The van der Waals surface area contributed by atoms with Gasteiger partial charge in [-0.25, -0.2) is 8.78 Å². The number of nitrogens with zero attached hydrogens (tertiary/aromatic N) is 1. The highest BCUT2D eigenvalue weighted by Crippen LogP contribution is 2.28. The first-order valence-corrected chi connectivity index (χ1v) is 4.10. The topological polar surface area (TPSA) is 70.4 Å². The molecule has 0 atom stereocenters. The lowest BCUT2D eigenvalue weighted by atomic mass is 10.0. The van der Waals surface area contributed by atoms with E-state index in [0.717, 1.165) is 6.20 Å². The van der Waals surface area contributed by atoms with Gasteiger partial charge in [0.2, 0.25) is 0 Å². The molecule has 4 nitrogen and oxygen atoms in total. The first-order valence-electron chi connectivity index (χ1n) is 4.10. The van der Waals surface area contributed by atoms with Gasteiger partial charge in [-0.05, 0) is 18.1 Å². The highest BCUT2D eigenvalue weighted by atomic mass is 19.3. The molecule has 1 heterocycles. The molecular formula is C9H9F2NO3. The summed E-state index contributed by atoms with van der Waals surface area (Å²) in [5, 5.41) is 17.8. The van der Waals surface area contributed by atoms with Crippen LogP contribution in [0.3, 0.4) is 0 Å². The average Bonchev–Trinajstić information content (AvgIpc) is 2.12. The second kappa shape index (κ2) is 4.20. The van der Waals surface area contributed by atoms with Crippen LogP contribution >= 0.6 is 0 Å². The fourth-order valence-corrected chi connectivity index (χ4v) is 1.21. The van der Waals surface area contributed by atoms with E-state index in [9.17, 15) is 18.7 Å². The van der Waals surface area contributed by atoms with Gasteiger partial charge in [0.15, 0.2) is 0 Å². The molecule has 0 amide bonds. The van der Waals surface area contributed by atoms with Crippen LogP contribution in [0.2, 0.25) is 0 Å². The lowest BCUT2D eigenvalue weighted by Gasteiger charge is -2.10. The first-order chi connectivity index (χ1) is 6.93. The summed E-state index contributed by atoms with van der Waals surface area (Å²) in [6, 6.07) is 0. The molecule has 15 heavy (non-hydrogen) atoms. The monoisotopic (exact) mass is 217 g/mol. The van der Waals surface area contributed by atoms with Crippen molar-refractivity contribution in [3.8, 4) is 5.75 Å². The molecule has 0 spiro atoms. The number of hydrogen-bond donors (Lipinski definition) is 2. The molecule has 1 rings (SSSR count). The molecule has 0 unspecified atom stereocenters. The van der Waals surface area contributed by atoms with Gasteiger partial charge in [0.05, 0.1) is 12.6 Å². The largest absolute Gasteiger partial charge is 0.506 e. The molecule has 1 aromatic heterocycles. The molecule has 6 heteroatoms. The molecule has 0 saturated heterocycles. The van der Waals surface area contributed by atoms with Crippen LogP contribution < -0.4 is 0 Å². The molecule has 0 aliphatic rings. The van der Waals surface area contributed by atoms with Crippen molar-refractivity contribution >= 4 is 5.97 Å². The number of carboxylic acids is 1. The van der Waals surface area contributed by atoms with E-state index >= 15 is 0 Å². The number of carbonyl (C=O) groups is 1. The minimum atomic E-state index is -2.85. The smallest absolute Gasteiger partial charge is 0.307 e. The lowest BCUT2D eigenvalue weighted by molar-refractivity contribution is -0.136. The number of alkyl halides is 2. The summed E-state index contributed by atoms with van der Waals surface area (Å²) in [6.45, 7) is 1.38. The van der Waals surface area contributed by atoms with Crippen LogP contribution in [0, 0.1) is 6.92 Å². The number of aromatic nitrogens is 1. The summed E-state index contributed by atoms with van der Waals surface area (Å²) < 4.78 is 24.9. The van der Waals surface area contributed by atoms with Crippen LogP contribution in [0.25, 0.3) is 0 Å². The van der Waals surface area contributed by atoms with Gasteiger partial charge in [-0.3, -0.25) is 9.78 Å². The highest BCUT2D eigenvalue weighted by molar-refractivity contribution is 5.71. The fraction of sp³-hybridized carbons (Fsp3) is 0.333. The molecule has 0 aliphatic heterocycles. The van der Waals surface area contributed by atoms with E-state index in [2.05, 4.69) is 4.98 Å². The number of aliphatic carboxylic acids is 1. The molecule has 0 bridgehead atoms. The van der Waals surface area contributed by atoms with Gasteiger partial charge < -0.3 is 10.2 Å². The number of hydrogen-bond acceptors (Lipinski definition) is 3. The second-order valence-electron chi connectivity index (χ2n) is 3.00. The molecule has 2 N–H and O–H groups in total. The maximum Gasteiger partial charge on any atom is 0.307 e. The maximum atomic E-state index is 12.5. The van der Waals surface area contributed by atoms with Crippen molar-refractivity contribution in [3.05, 3.63) is 23.0 Å². The number of halogens is 2. The van der Waals surface area contributed by atoms with Crippen molar-refractivity contribution in [2.75, 3.05) is 0 Å². The van der Waals surface area contributed by atoms with Crippen molar-refractivity contribution in [1.82, 2.24) is 4.98 Å². The fourth-order valence-electron chi connectivity index (χ4n) is 1.21. The van der Waals surface area contributed by atoms with E-state index in [-0.39, 0.29) is 16.9 Å². The number of rotatable bonds is 3. The van der Waals surface area contributed by atoms with Crippen LogP contribution in [0.5, 0.6) is 5.75 Å². The molecule has 0 aromatic carbocycles. The summed E-state index contributed by atoms with van der Waals surface area (Å²) in [5.74, 6) is -1.52. The summed E-state index contributed by atoms with van der Waals surface area (Å²) in [7, 11) is 0. The number of pyridine rings is 1. The Balaban J connectivity index is 3.28. The second-order valence-corrected chi connectivity index (χ2v) is 3.00. The Hall–Kier alpha value is -1.72. The SMILES string of the molecule is Cc1c(O)cnc(C(F)F)c1CC(=O)O. The van der Waals surface area contributed by atoms with E-state index < -0.39 is 24.5 Å². The summed E-state index contributed by atoms with van der Waals surface area (Å²) in [4.78, 5) is 13.8. The van der Waals surface area contributed by atoms with Gasteiger partial charge in [-0.1, -0.05) is 0 Å². The molecule has 1 aromatic rings. The van der Waals surface area contributed by atoms with Gasteiger partial charge >= 0.3 is 5.97 Å². The summed E-state index contributed by atoms with van der Waals surface area (Å²) in [6.07, 6.45) is -2.53. The van der Waals surface area contributed by atoms with Crippen LogP contribution in [0.4, 0.5) is 8.78 Å². The van der Waals surface area contributed by atoms with Crippen LogP contribution in [-0.4, -0.2) is 21.2 Å². The average molecular weight is 217 g/mol. The number of carboxylic acid groups (broad SMARTS) is 1. The minimum absolute atomic E-state index is 0.127. The third kappa shape index (κ3) is 2.39. The van der Waals surface area contributed by atoms with Gasteiger partial charge in [-0.2, -0.15) is 0 Å². The van der Waals surface area contributed by atoms with E-state index in [0.29, 0.717) is 0 Å². The zero-order valence-corrected chi connectivity index (χ0v) is 7.87. The Kier molecular flexibility index (Phi) is 3.18. The first kappa shape index (κ1) is 11.4. The van der Waals surface area contributed by atoms with E-state index in [1.54, 1.807) is 0 Å². The maximum absolute atomic E-state index is 12.5. The van der Waals surface area contributed by atoms with Crippen molar-refractivity contribution in [2.24, 2.45) is 0 Å². The Bertz CT molecular complexity index is 393. The van der Waals surface area contributed by atoms with E-state index in [1.165, 1.54) is 6.92 Å². The Morgan fingerprint density at radius 3 is 2.67 bits per heavy atom. The Morgan fingerprint density at radius 1 is 1.60 bits per heavy atom. The van der Waals surface area contributed by atoms with E-state index in [4.69, 9.17) is 5.11 Å². The zero-order valence-electron chi connectivity index (χ0n) is 7.87. The lowest BCUT2D eigenvalue weighted by Crippen LogP contribution is -2.08. The molecule has 0 aliphatic carbocycles. The van der Waals surface area contributed by atoms with E-state index in [1.807, 2.05) is 0 Å². The Morgan fingerprint density at radius 2 is 2.20 bits per heavy atom. The highest BCUT2D eigenvalue weighted by Gasteiger charge is 2.20. The molecule has 0 radical (unpaired) electrons. The van der Waals surface area contributed by atoms with Gasteiger partial charge in [-0.15, -0.1) is 0 Å². The number of aromatic hydroxyl groups is 1. The quantitative estimate of drug-likeness (QED) is 0.807. The molecule has 0 saturated carbocycles. The van der Waals surface area contributed by atoms with Gasteiger partial charge in [0, 0.05) is 0 Å². The normalized spacial score (nSPS) is 10.7. The predicted octanol–water partition coefficient (Wildman–Crippen LogP) is 1.66. The molecule has 0 fully saturated rings. The van der Waals surface area contributed by atoms with Crippen molar-refractivity contribution < 1.29 is 23.8 Å². The Labute approximate surface area is 84.2 Å². The van der Waals surface area contributed by atoms with Crippen molar-refractivity contribution in [1.29, 1.82) is 0 Å². The third-order valence-corrected chi connectivity index (χ3v) is 2.01. The van der Waals surface area contributed by atoms with Crippen LogP contribution in [0.1, 0.15) is 23.2 Å².